The standard InChI is InChI=1S/C21H22N2O3/c24-18-13-15-6-1-3-7-16(15)21(18)22-19(25)11-12-23-17-8-4-2-5-14(17)9-10-20(23)26/h1-8,18,21,24H,9-13H2,(H,22,25)/t18-,21+/m1/s1. The van der Waals surface area contributed by atoms with Gasteiger partial charge < -0.3 is 15.3 Å². The van der Waals surface area contributed by atoms with E-state index in [9.17, 15) is 14.7 Å². The highest BCUT2D eigenvalue weighted by molar-refractivity contribution is 5.97. The van der Waals surface area contributed by atoms with Crippen molar-refractivity contribution in [2.75, 3.05) is 11.4 Å². The van der Waals surface area contributed by atoms with Gasteiger partial charge in [0.1, 0.15) is 0 Å². The molecule has 0 radical (unpaired) electrons. The summed E-state index contributed by atoms with van der Waals surface area (Å²) in [5.41, 5.74) is 4.11. The highest BCUT2D eigenvalue weighted by Crippen LogP contribution is 2.31. The number of rotatable bonds is 4. The largest absolute Gasteiger partial charge is 0.390 e. The Kier molecular flexibility index (Phi) is 4.47. The van der Waals surface area contributed by atoms with Crippen molar-refractivity contribution in [3.63, 3.8) is 0 Å². The summed E-state index contributed by atoms with van der Waals surface area (Å²) in [6.45, 7) is 0.353. The van der Waals surface area contributed by atoms with Gasteiger partial charge in [-0.3, -0.25) is 9.59 Å². The van der Waals surface area contributed by atoms with Crippen LogP contribution in [0.1, 0.15) is 35.6 Å². The molecule has 0 bridgehead atoms. The number of carbonyl (C=O) groups is 2. The minimum Gasteiger partial charge on any atom is -0.390 e. The van der Waals surface area contributed by atoms with Crippen LogP contribution in [0.3, 0.4) is 0 Å². The number of aliphatic hydroxyl groups is 1. The first-order valence-corrected chi connectivity index (χ1v) is 9.07. The lowest BCUT2D eigenvalue weighted by Crippen LogP contribution is -2.39. The third-order valence-corrected chi connectivity index (χ3v) is 5.27. The van der Waals surface area contributed by atoms with Crippen molar-refractivity contribution in [3.05, 3.63) is 65.2 Å². The number of hydrogen-bond acceptors (Lipinski definition) is 3. The van der Waals surface area contributed by atoms with E-state index in [0.29, 0.717) is 19.4 Å². The van der Waals surface area contributed by atoms with Gasteiger partial charge in [-0.2, -0.15) is 0 Å². The first kappa shape index (κ1) is 16.8. The van der Waals surface area contributed by atoms with Crippen LogP contribution >= 0.6 is 0 Å². The van der Waals surface area contributed by atoms with Gasteiger partial charge in [-0.05, 0) is 29.2 Å². The fourth-order valence-corrected chi connectivity index (χ4v) is 3.95. The lowest BCUT2D eigenvalue weighted by Gasteiger charge is -2.29. The number of para-hydroxylation sites is 1. The van der Waals surface area contributed by atoms with Gasteiger partial charge in [-0.1, -0.05) is 42.5 Å². The van der Waals surface area contributed by atoms with E-state index in [0.717, 1.165) is 28.8 Å². The van der Waals surface area contributed by atoms with Gasteiger partial charge in [0.25, 0.3) is 0 Å². The molecule has 2 aromatic rings. The summed E-state index contributed by atoms with van der Waals surface area (Å²) in [5.74, 6) is -0.0932. The second kappa shape index (κ2) is 6.92. The number of benzene rings is 2. The molecule has 5 heteroatoms. The molecule has 134 valence electrons. The fourth-order valence-electron chi connectivity index (χ4n) is 3.95. The predicted molar refractivity (Wildman–Crippen MR) is 98.8 cm³/mol. The molecule has 2 atom stereocenters. The third-order valence-electron chi connectivity index (χ3n) is 5.27. The summed E-state index contributed by atoms with van der Waals surface area (Å²) in [6, 6.07) is 15.3. The summed E-state index contributed by atoms with van der Waals surface area (Å²) >= 11 is 0. The SMILES string of the molecule is O=C(CCN1C(=O)CCc2ccccc21)N[C@H]1c2ccccc2C[C@H]1O. The number of aryl methyl sites for hydroxylation is 1. The Bertz CT molecular complexity index is 849. The van der Waals surface area contributed by atoms with E-state index in [2.05, 4.69) is 5.32 Å². The summed E-state index contributed by atoms with van der Waals surface area (Å²) in [4.78, 5) is 26.4. The molecule has 0 spiro atoms. The molecule has 5 nitrogen and oxygen atoms in total. The zero-order valence-corrected chi connectivity index (χ0v) is 14.5. The molecule has 0 unspecified atom stereocenters. The minimum absolute atomic E-state index is 0.0581. The lowest BCUT2D eigenvalue weighted by molar-refractivity contribution is -0.122. The van der Waals surface area contributed by atoms with Gasteiger partial charge >= 0.3 is 0 Å². The van der Waals surface area contributed by atoms with Crippen molar-refractivity contribution >= 4 is 17.5 Å². The number of carbonyl (C=O) groups excluding carboxylic acids is 2. The van der Waals surface area contributed by atoms with Crippen LogP contribution in [0.15, 0.2) is 48.5 Å². The molecule has 1 heterocycles. The van der Waals surface area contributed by atoms with Crippen molar-refractivity contribution in [2.45, 2.75) is 37.8 Å². The van der Waals surface area contributed by atoms with Crippen LogP contribution in [-0.4, -0.2) is 29.6 Å². The van der Waals surface area contributed by atoms with Gasteiger partial charge in [0.15, 0.2) is 0 Å². The van der Waals surface area contributed by atoms with Gasteiger partial charge in [0.2, 0.25) is 11.8 Å². The Morgan fingerprint density at radius 2 is 1.81 bits per heavy atom. The number of aliphatic hydroxyl groups excluding tert-OH is 1. The maximum Gasteiger partial charge on any atom is 0.227 e. The monoisotopic (exact) mass is 350 g/mol. The number of hydrogen-bond donors (Lipinski definition) is 2. The summed E-state index contributed by atoms with van der Waals surface area (Å²) in [6.07, 6.45) is 1.40. The topological polar surface area (TPSA) is 69.6 Å². The highest BCUT2D eigenvalue weighted by atomic mass is 16.3. The highest BCUT2D eigenvalue weighted by Gasteiger charge is 2.32. The van der Waals surface area contributed by atoms with E-state index in [1.807, 2.05) is 48.5 Å². The molecule has 0 saturated heterocycles. The molecule has 2 N–H and O–H groups in total. The van der Waals surface area contributed by atoms with Gasteiger partial charge in [0, 0.05) is 31.5 Å². The number of nitrogens with one attached hydrogen (secondary N) is 1. The van der Waals surface area contributed by atoms with Gasteiger partial charge in [0.05, 0.1) is 12.1 Å². The van der Waals surface area contributed by atoms with E-state index in [-0.39, 0.29) is 24.3 Å². The predicted octanol–water partition coefficient (Wildman–Crippen LogP) is 2.13. The smallest absolute Gasteiger partial charge is 0.227 e. The average Bonchev–Trinajstić information content (AvgIpc) is 2.96. The van der Waals surface area contributed by atoms with Crippen LogP contribution in [0.2, 0.25) is 0 Å². The summed E-state index contributed by atoms with van der Waals surface area (Å²) < 4.78 is 0. The first-order valence-electron chi connectivity index (χ1n) is 9.07. The Morgan fingerprint density at radius 1 is 1.08 bits per heavy atom. The van der Waals surface area contributed by atoms with E-state index in [1.54, 1.807) is 4.90 Å². The Morgan fingerprint density at radius 3 is 2.65 bits per heavy atom. The van der Waals surface area contributed by atoms with Crippen LogP contribution in [-0.2, 0) is 22.4 Å². The molecule has 26 heavy (non-hydrogen) atoms. The molecule has 2 aliphatic rings. The zero-order valence-electron chi connectivity index (χ0n) is 14.5. The van der Waals surface area contributed by atoms with Crippen molar-refractivity contribution in [2.24, 2.45) is 0 Å². The van der Waals surface area contributed by atoms with Crippen molar-refractivity contribution in [1.29, 1.82) is 0 Å². The molecule has 1 aliphatic carbocycles. The Balaban J connectivity index is 1.41. The number of nitrogens with zero attached hydrogens (tertiary/aromatic N) is 1. The molecule has 1 aliphatic heterocycles. The van der Waals surface area contributed by atoms with Crippen LogP contribution in [0.5, 0.6) is 0 Å². The fraction of sp³-hybridized carbons (Fsp3) is 0.333. The Hall–Kier alpha value is -2.66. The average molecular weight is 350 g/mol. The normalized spacial score (nSPS) is 21.3. The molecular weight excluding hydrogens is 328 g/mol. The van der Waals surface area contributed by atoms with E-state index in [4.69, 9.17) is 0 Å². The molecular formula is C21H22N2O3. The quantitative estimate of drug-likeness (QED) is 0.887. The van der Waals surface area contributed by atoms with Crippen molar-refractivity contribution in [3.8, 4) is 0 Å². The van der Waals surface area contributed by atoms with E-state index < -0.39 is 6.10 Å². The minimum atomic E-state index is -0.603. The van der Waals surface area contributed by atoms with Crippen molar-refractivity contribution in [1.82, 2.24) is 5.32 Å². The molecule has 0 fully saturated rings. The second-order valence-electron chi connectivity index (χ2n) is 6.94. The number of amides is 2. The molecule has 0 aromatic heterocycles. The zero-order chi connectivity index (χ0) is 18.1. The van der Waals surface area contributed by atoms with E-state index in [1.165, 1.54) is 0 Å². The van der Waals surface area contributed by atoms with E-state index >= 15 is 0 Å². The third kappa shape index (κ3) is 3.10. The van der Waals surface area contributed by atoms with Crippen LogP contribution < -0.4 is 10.2 Å². The van der Waals surface area contributed by atoms with Crippen molar-refractivity contribution < 1.29 is 14.7 Å². The Labute approximate surface area is 152 Å². The number of anilines is 1. The maximum atomic E-state index is 12.5. The summed E-state index contributed by atoms with van der Waals surface area (Å²) in [7, 11) is 0. The van der Waals surface area contributed by atoms with Gasteiger partial charge in [-0.25, -0.2) is 0 Å². The van der Waals surface area contributed by atoms with Gasteiger partial charge in [-0.15, -0.1) is 0 Å². The van der Waals surface area contributed by atoms with Crippen LogP contribution in [0.25, 0.3) is 0 Å². The maximum absolute atomic E-state index is 12.5. The lowest BCUT2D eigenvalue weighted by atomic mass is 10.0. The molecule has 0 saturated carbocycles. The molecule has 2 amide bonds. The summed E-state index contributed by atoms with van der Waals surface area (Å²) in [5, 5.41) is 13.2. The molecule has 4 rings (SSSR count). The van der Waals surface area contributed by atoms with Crippen LogP contribution in [0, 0.1) is 0 Å². The molecule has 2 aromatic carbocycles. The second-order valence-corrected chi connectivity index (χ2v) is 6.94. The number of fused-ring (bicyclic) bond motifs is 2. The first-order chi connectivity index (χ1) is 12.6. The van der Waals surface area contributed by atoms with Crippen LogP contribution in [0.4, 0.5) is 5.69 Å².